The van der Waals surface area contributed by atoms with E-state index in [2.05, 4.69) is 10.3 Å². The van der Waals surface area contributed by atoms with Gasteiger partial charge >= 0.3 is 5.97 Å². The lowest BCUT2D eigenvalue weighted by Gasteiger charge is -2.25. The summed E-state index contributed by atoms with van der Waals surface area (Å²) in [5.41, 5.74) is 0.958. The summed E-state index contributed by atoms with van der Waals surface area (Å²) in [7, 11) is 0. The summed E-state index contributed by atoms with van der Waals surface area (Å²) in [6, 6.07) is 0. The zero-order valence-corrected chi connectivity index (χ0v) is 12.8. The lowest BCUT2D eigenvalue weighted by atomic mass is 9.83. The summed E-state index contributed by atoms with van der Waals surface area (Å²) in [6.07, 6.45) is 7.24. The van der Waals surface area contributed by atoms with E-state index in [1.165, 1.54) is 30.6 Å². The van der Waals surface area contributed by atoms with Gasteiger partial charge in [0.25, 0.3) is 0 Å². The summed E-state index contributed by atoms with van der Waals surface area (Å²) in [6.45, 7) is 3.30. The maximum absolute atomic E-state index is 11.9. The van der Waals surface area contributed by atoms with Crippen LogP contribution in [0.3, 0.4) is 0 Å². The van der Waals surface area contributed by atoms with Crippen molar-refractivity contribution >= 4 is 22.4 Å². The molecule has 1 atom stereocenters. The topological polar surface area (TPSA) is 51.2 Å². The van der Waals surface area contributed by atoms with Crippen LogP contribution in [0.2, 0.25) is 0 Å². The van der Waals surface area contributed by atoms with Crippen LogP contribution in [0.4, 0.5) is 5.13 Å². The minimum absolute atomic E-state index is 0.113. The first-order valence-corrected chi connectivity index (χ1v) is 8.49. The van der Waals surface area contributed by atoms with Gasteiger partial charge in [0, 0.05) is 11.4 Å². The Morgan fingerprint density at radius 3 is 3.00 bits per heavy atom. The number of rotatable bonds is 6. The predicted octanol–water partition coefficient (Wildman–Crippen LogP) is 3.34. The van der Waals surface area contributed by atoms with Gasteiger partial charge in [0.1, 0.15) is 5.92 Å². The van der Waals surface area contributed by atoms with Gasteiger partial charge in [0.05, 0.1) is 12.3 Å². The molecule has 3 rings (SSSR count). The third-order valence-electron chi connectivity index (χ3n) is 4.34. The average molecular weight is 294 g/mol. The van der Waals surface area contributed by atoms with E-state index in [0.717, 1.165) is 36.1 Å². The van der Waals surface area contributed by atoms with Crippen molar-refractivity contribution in [2.24, 2.45) is 5.92 Å². The molecule has 1 unspecified atom stereocenters. The zero-order valence-electron chi connectivity index (χ0n) is 12.0. The Labute approximate surface area is 123 Å². The fraction of sp³-hybridized carbons (Fsp3) is 0.733. The molecule has 0 aromatic carbocycles. The SMILES string of the molecule is CCOC(=O)C1CCc2sc(NCCC3CCC3)nc21. The van der Waals surface area contributed by atoms with E-state index in [9.17, 15) is 4.79 Å². The molecule has 20 heavy (non-hydrogen) atoms. The molecular weight excluding hydrogens is 272 g/mol. The number of carbonyl (C=O) groups excluding carboxylic acids is 1. The van der Waals surface area contributed by atoms with Crippen molar-refractivity contribution in [1.82, 2.24) is 4.98 Å². The van der Waals surface area contributed by atoms with E-state index < -0.39 is 0 Å². The number of esters is 1. The van der Waals surface area contributed by atoms with Crippen LogP contribution in [-0.2, 0) is 16.0 Å². The van der Waals surface area contributed by atoms with Gasteiger partial charge in [-0.15, -0.1) is 11.3 Å². The van der Waals surface area contributed by atoms with E-state index in [0.29, 0.717) is 6.61 Å². The van der Waals surface area contributed by atoms with Gasteiger partial charge in [0.2, 0.25) is 0 Å². The van der Waals surface area contributed by atoms with Crippen LogP contribution in [0.25, 0.3) is 0 Å². The highest BCUT2D eigenvalue weighted by molar-refractivity contribution is 7.15. The molecule has 0 radical (unpaired) electrons. The summed E-state index contributed by atoms with van der Waals surface area (Å²) >= 11 is 1.71. The van der Waals surface area contributed by atoms with Gasteiger partial charge in [-0.2, -0.15) is 0 Å². The molecular formula is C15H22N2O2S. The van der Waals surface area contributed by atoms with E-state index in [1.807, 2.05) is 6.92 Å². The molecule has 0 spiro atoms. The summed E-state index contributed by atoms with van der Waals surface area (Å²) in [4.78, 5) is 17.8. The Hall–Kier alpha value is -1.10. The number of anilines is 1. The Bertz CT molecular complexity index is 482. The van der Waals surface area contributed by atoms with Gasteiger partial charge in [-0.3, -0.25) is 4.79 Å². The molecule has 1 N–H and O–H groups in total. The highest BCUT2D eigenvalue weighted by Gasteiger charge is 2.33. The highest BCUT2D eigenvalue weighted by Crippen LogP contribution is 2.39. The summed E-state index contributed by atoms with van der Waals surface area (Å²) < 4.78 is 5.13. The maximum atomic E-state index is 11.9. The van der Waals surface area contributed by atoms with Crippen molar-refractivity contribution in [1.29, 1.82) is 0 Å². The molecule has 0 saturated heterocycles. The first-order valence-electron chi connectivity index (χ1n) is 7.68. The number of aryl methyl sites for hydroxylation is 1. The quantitative estimate of drug-likeness (QED) is 0.818. The van der Waals surface area contributed by atoms with E-state index in [1.54, 1.807) is 11.3 Å². The molecule has 110 valence electrons. The largest absolute Gasteiger partial charge is 0.465 e. The van der Waals surface area contributed by atoms with E-state index in [-0.39, 0.29) is 11.9 Å². The standard InChI is InChI=1S/C15H22N2O2S/c1-2-19-14(18)11-6-7-12-13(11)17-15(20-12)16-9-8-10-4-3-5-10/h10-11H,2-9H2,1H3,(H,16,17). The number of hydrogen-bond acceptors (Lipinski definition) is 5. The second-order valence-electron chi connectivity index (χ2n) is 5.68. The first kappa shape index (κ1) is 13.9. The lowest BCUT2D eigenvalue weighted by molar-refractivity contribution is -0.145. The molecule has 0 aliphatic heterocycles. The van der Waals surface area contributed by atoms with Gasteiger partial charge in [-0.1, -0.05) is 19.3 Å². The second kappa shape index (κ2) is 6.12. The number of nitrogens with zero attached hydrogens (tertiary/aromatic N) is 1. The second-order valence-corrected chi connectivity index (χ2v) is 6.77. The Kier molecular flexibility index (Phi) is 4.24. The molecule has 1 heterocycles. The van der Waals surface area contributed by atoms with Crippen molar-refractivity contribution in [2.45, 2.75) is 51.4 Å². The van der Waals surface area contributed by atoms with Gasteiger partial charge in [0.15, 0.2) is 5.13 Å². The van der Waals surface area contributed by atoms with Gasteiger partial charge in [-0.05, 0) is 32.1 Å². The number of thiazole rings is 1. The smallest absolute Gasteiger partial charge is 0.315 e. The minimum Gasteiger partial charge on any atom is -0.465 e. The van der Waals surface area contributed by atoms with E-state index in [4.69, 9.17) is 4.74 Å². The molecule has 1 aromatic heterocycles. The van der Waals surface area contributed by atoms with Crippen molar-refractivity contribution < 1.29 is 9.53 Å². The molecule has 2 aliphatic carbocycles. The average Bonchev–Trinajstić information content (AvgIpc) is 2.91. The number of fused-ring (bicyclic) bond motifs is 1. The molecule has 0 amide bonds. The van der Waals surface area contributed by atoms with Gasteiger partial charge < -0.3 is 10.1 Å². The third-order valence-corrected chi connectivity index (χ3v) is 5.43. The molecule has 1 aromatic rings. The van der Waals surface area contributed by atoms with Crippen molar-refractivity contribution in [3.8, 4) is 0 Å². The van der Waals surface area contributed by atoms with Crippen molar-refractivity contribution in [2.75, 3.05) is 18.5 Å². The third kappa shape index (κ3) is 2.82. The fourth-order valence-electron chi connectivity index (χ4n) is 2.94. The summed E-state index contributed by atoms with van der Waals surface area (Å²) in [5, 5.41) is 4.40. The van der Waals surface area contributed by atoms with Crippen LogP contribution in [0.15, 0.2) is 0 Å². The van der Waals surface area contributed by atoms with Crippen LogP contribution in [-0.4, -0.2) is 24.1 Å². The number of hydrogen-bond donors (Lipinski definition) is 1. The number of carbonyl (C=O) groups is 1. The lowest BCUT2D eigenvalue weighted by Crippen LogP contribution is -2.16. The number of aromatic nitrogens is 1. The fourth-order valence-corrected chi connectivity index (χ4v) is 4.00. The predicted molar refractivity (Wildman–Crippen MR) is 80.3 cm³/mol. The van der Waals surface area contributed by atoms with Crippen LogP contribution >= 0.6 is 11.3 Å². The van der Waals surface area contributed by atoms with Crippen LogP contribution in [0.5, 0.6) is 0 Å². The normalized spacial score (nSPS) is 21.4. The molecule has 1 saturated carbocycles. The van der Waals surface area contributed by atoms with Crippen LogP contribution in [0, 0.1) is 5.92 Å². The van der Waals surface area contributed by atoms with Crippen molar-refractivity contribution in [3.05, 3.63) is 10.6 Å². The van der Waals surface area contributed by atoms with Crippen LogP contribution < -0.4 is 5.32 Å². The number of nitrogens with one attached hydrogen (secondary N) is 1. The van der Waals surface area contributed by atoms with Gasteiger partial charge in [-0.25, -0.2) is 4.98 Å². The highest BCUT2D eigenvalue weighted by atomic mass is 32.1. The maximum Gasteiger partial charge on any atom is 0.315 e. The molecule has 0 bridgehead atoms. The van der Waals surface area contributed by atoms with Crippen LogP contribution in [0.1, 0.15) is 55.5 Å². The minimum atomic E-state index is -0.136. The summed E-state index contributed by atoms with van der Waals surface area (Å²) in [5.74, 6) is 0.669. The number of ether oxygens (including phenoxy) is 1. The van der Waals surface area contributed by atoms with Crippen molar-refractivity contribution in [3.63, 3.8) is 0 Å². The first-order chi connectivity index (χ1) is 9.78. The molecule has 5 heteroatoms. The Morgan fingerprint density at radius 1 is 1.45 bits per heavy atom. The Balaban J connectivity index is 1.56. The monoisotopic (exact) mass is 294 g/mol. The molecule has 4 nitrogen and oxygen atoms in total. The van der Waals surface area contributed by atoms with E-state index >= 15 is 0 Å². The zero-order chi connectivity index (χ0) is 13.9. The molecule has 1 fully saturated rings. The molecule has 2 aliphatic rings. The Morgan fingerprint density at radius 2 is 2.30 bits per heavy atom.